The van der Waals surface area contributed by atoms with Crippen molar-refractivity contribution in [1.29, 1.82) is 0 Å². The number of nitrogens with one attached hydrogen (secondary N) is 1. The zero-order chi connectivity index (χ0) is 15.4. The molecule has 1 aromatic carbocycles. The molecule has 0 spiro atoms. The summed E-state index contributed by atoms with van der Waals surface area (Å²) in [6.07, 6.45) is 2.36. The lowest BCUT2D eigenvalue weighted by Gasteiger charge is -2.02. The highest BCUT2D eigenvalue weighted by molar-refractivity contribution is 9.10. The predicted molar refractivity (Wildman–Crippen MR) is 88.9 cm³/mol. The Bertz CT molecular complexity index is 760. The van der Waals surface area contributed by atoms with Gasteiger partial charge in [0.25, 0.3) is 0 Å². The first kappa shape index (κ1) is 15.0. The molecule has 3 rings (SSSR count). The van der Waals surface area contributed by atoms with E-state index in [1.807, 2.05) is 24.3 Å². The molecule has 7 heteroatoms. The fourth-order valence-corrected chi connectivity index (χ4v) is 2.30. The summed E-state index contributed by atoms with van der Waals surface area (Å²) < 4.78 is 6.19. The Labute approximate surface area is 140 Å². The summed E-state index contributed by atoms with van der Waals surface area (Å²) in [6, 6.07) is 11.2. The second-order valence-electron chi connectivity index (χ2n) is 4.56. The maximum absolute atomic E-state index is 5.96. The molecule has 0 saturated carbocycles. The van der Waals surface area contributed by atoms with Gasteiger partial charge in [-0.05, 0) is 40.2 Å². The summed E-state index contributed by atoms with van der Waals surface area (Å²) in [6.45, 7) is 0.659. The lowest BCUT2D eigenvalue weighted by molar-refractivity contribution is 0.381. The van der Waals surface area contributed by atoms with Crippen molar-refractivity contribution in [3.05, 3.63) is 58.0 Å². The smallest absolute Gasteiger partial charge is 0.228 e. The van der Waals surface area contributed by atoms with E-state index in [9.17, 15) is 0 Å². The second kappa shape index (κ2) is 6.89. The van der Waals surface area contributed by atoms with Crippen molar-refractivity contribution in [2.24, 2.45) is 0 Å². The van der Waals surface area contributed by atoms with Crippen LogP contribution < -0.4 is 5.32 Å². The molecule has 1 N–H and O–H groups in total. The highest BCUT2D eigenvalue weighted by Crippen LogP contribution is 2.20. The van der Waals surface area contributed by atoms with Crippen LogP contribution in [0.3, 0.4) is 0 Å². The molecule has 0 atom stereocenters. The van der Waals surface area contributed by atoms with Crippen molar-refractivity contribution in [2.45, 2.75) is 6.42 Å². The standard InChI is InChI=1S/C15H12BrClN4O/c16-11-4-5-13(19-9-11)18-7-6-14-20-15(21-22-14)10-2-1-3-12(17)8-10/h1-5,8-9H,6-7H2,(H,18,19). The molecule has 0 radical (unpaired) electrons. The van der Waals surface area contributed by atoms with Crippen molar-refractivity contribution >= 4 is 33.3 Å². The number of aromatic nitrogens is 3. The summed E-state index contributed by atoms with van der Waals surface area (Å²) >= 11 is 9.30. The first-order valence-electron chi connectivity index (χ1n) is 6.65. The van der Waals surface area contributed by atoms with Gasteiger partial charge in [0.05, 0.1) is 0 Å². The van der Waals surface area contributed by atoms with Gasteiger partial charge in [-0.2, -0.15) is 4.98 Å². The number of anilines is 1. The molecule has 22 heavy (non-hydrogen) atoms. The van der Waals surface area contributed by atoms with Crippen LogP contribution >= 0.6 is 27.5 Å². The van der Waals surface area contributed by atoms with Gasteiger partial charge in [-0.25, -0.2) is 4.98 Å². The summed E-state index contributed by atoms with van der Waals surface area (Å²) in [5, 5.41) is 7.81. The molecular weight excluding hydrogens is 368 g/mol. The summed E-state index contributed by atoms with van der Waals surface area (Å²) in [7, 11) is 0. The number of hydrogen-bond acceptors (Lipinski definition) is 5. The van der Waals surface area contributed by atoms with E-state index in [0.29, 0.717) is 29.7 Å². The largest absolute Gasteiger partial charge is 0.370 e. The van der Waals surface area contributed by atoms with Crippen LogP contribution in [-0.4, -0.2) is 21.7 Å². The first-order valence-corrected chi connectivity index (χ1v) is 7.82. The highest BCUT2D eigenvalue weighted by atomic mass is 79.9. The molecule has 0 aliphatic heterocycles. The van der Waals surface area contributed by atoms with E-state index in [1.165, 1.54) is 0 Å². The molecule has 0 aliphatic carbocycles. The van der Waals surface area contributed by atoms with Crippen molar-refractivity contribution in [3.8, 4) is 11.4 Å². The summed E-state index contributed by atoms with van der Waals surface area (Å²) in [5.41, 5.74) is 0.838. The Morgan fingerprint density at radius 1 is 1.23 bits per heavy atom. The van der Waals surface area contributed by atoms with Gasteiger partial charge in [0.15, 0.2) is 0 Å². The quantitative estimate of drug-likeness (QED) is 0.719. The van der Waals surface area contributed by atoms with Crippen LogP contribution in [0.2, 0.25) is 5.02 Å². The van der Waals surface area contributed by atoms with Gasteiger partial charge >= 0.3 is 0 Å². The van der Waals surface area contributed by atoms with Gasteiger partial charge in [-0.15, -0.1) is 0 Å². The maximum Gasteiger partial charge on any atom is 0.228 e. The number of nitrogens with zero attached hydrogens (tertiary/aromatic N) is 3. The van der Waals surface area contributed by atoms with E-state index in [0.717, 1.165) is 15.9 Å². The van der Waals surface area contributed by atoms with Crippen molar-refractivity contribution in [3.63, 3.8) is 0 Å². The van der Waals surface area contributed by atoms with E-state index < -0.39 is 0 Å². The fourth-order valence-electron chi connectivity index (χ4n) is 1.88. The predicted octanol–water partition coefficient (Wildman–Crippen LogP) is 4.20. The molecule has 3 aromatic rings. The van der Waals surface area contributed by atoms with Crippen LogP contribution in [0, 0.1) is 0 Å². The number of pyridine rings is 1. The number of hydrogen-bond donors (Lipinski definition) is 1. The summed E-state index contributed by atoms with van der Waals surface area (Å²) in [5.74, 6) is 1.91. The average Bonchev–Trinajstić information content (AvgIpc) is 2.98. The van der Waals surface area contributed by atoms with Crippen molar-refractivity contribution in [1.82, 2.24) is 15.1 Å². The van der Waals surface area contributed by atoms with E-state index in [4.69, 9.17) is 16.1 Å². The lowest BCUT2D eigenvalue weighted by Crippen LogP contribution is -2.06. The molecule has 0 saturated heterocycles. The number of benzene rings is 1. The van der Waals surface area contributed by atoms with Crippen molar-refractivity contribution < 1.29 is 4.52 Å². The fraction of sp³-hybridized carbons (Fsp3) is 0.133. The first-order chi connectivity index (χ1) is 10.7. The van der Waals surface area contributed by atoms with E-state index >= 15 is 0 Å². The molecule has 2 heterocycles. The van der Waals surface area contributed by atoms with E-state index in [2.05, 4.69) is 36.4 Å². The lowest BCUT2D eigenvalue weighted by atomic mass is 10.2. The maximum atomic E-state index is 5.96. The zero-order valence-corrected chi connectivity index (χ0v) is 13.8. The van der Waals surface area contributed by atoms with Gasteiger partial charge in [0, 0.05) is 34.2 Å². The number of rotatable bonds is 5. The minimum absolute atomic E-state index is 0.541. The third-order valence-electron chi connectivity index (χ3n) is 2.92. The third kappa shape index (κ3) is 3.84. The van der Waals surface area contributed by atoms with Gasteiger partial charge < -0.3 is 9.84 Å². The Morgan fingerprint density at radius 3 is 2.91 bits per heavy atom. The monoisotopic (exact) mass is 378 g/mol. The van der Waals surface area contributed by atoms with Gasteiger partial charge in [-0.3, -0.25) is 0 Å². The highest BCUT2D eigenvalue weighted by Gasteiger charge is 2.08. The van der Waals surface area contributed by atoms with Gasteiger partial charge in [0.2, 0.25) is 11.7 Å². The second-order valence-corrected chi connectivity index (χ2v) is 5.91. The molecular formula is C15H12BrClN4O. The molecule has 0 aliphatic rings. The molecule has 0 fully saturated rings. The van der Waals surface area contributed by atoms with Crippen LogP contribution in [-0.2, 0) is 6.42 Å². The summed E-state index contributed by atoms with van der Waals surface area (Å²) in [4.78, 5) is 8.60. The Morgan fingerprint density at radius 2 is 2.14 bits per heavy atom. The SMILES string of the molecule is Clc1cccc(-c2noc(CCNc3ccc(Br)cn3)n2)c1. The van der Waals surface area contributed by atoms with Crippen LogP contribution in [0.25, 0.3) is 11.4 Å². The molecule has 0 amide bonds. The number of halogens is 2. The van der Waals surface area contributed by atoms with Crippen LogP contribution in [0.1, 0.15) is 5.89 Å². The third-order valence-corrected chi connectivity index (χ3v) is 3.63. The van der Waals surface area contributed by atoms with E-state index in [-0.39, 0.29) is 0 Å². The van der Waals surface area contributed by atoms with Crippen LogP contribution in [0.15, 0.2) is 51.6 Å². The minimum atomic E-state index is 0.541. The molecule has 112 valence electrons. The minimum Gasteiger partial charge on any atom is -0.370 e. The molecule has 5 nitrogen and oxygen atoms in total. The van der Waals surface area contributed by atoms with Gasteiger partial charge in [0.1, 0.15) is 5.82 Å². The molecule has 0 bridgehead atoms. The Hall–Kier alpha value is -1.92. The van der Waals surface area contributed by atoms with Crippen molar-refractivity contribution in [2.75, 3.05) is 11.9 Å². The Balaban J connectivity index is 1.59. The van der Waals surface area contributed by atoms with Crippen LogP contribution in [0.5, 0.6) is 0 Å². The zero-order valence-electron chi connectivity index (χ0n) is 11.5. The van der Waals surface area contributed by atoms with Gasteiger partial charge in [-0.1, -0.05) is 28.9 Å². The molecule has 0 unspecified atom stereocenters. The molecule has 2 aromatic heterocycles. The normalized spacial score (nSPS) is 10.6. The van der Waals surface area contributed by atoms with E-state index in [1.54, 1.807) is 18.3 Å². The van der Waals surface area contributed by atoms with Crippen LogP contribution in [0.4, 0.5) is 5.82 Å². The Kier molecular flexibility index (Phi) is 4.70. The topological polar surface area (TPSA) is 63.8 Å². The average molecular weight is 380 g/mol.